The summed E-state index contributed by atoms with van der Waals surface area (Å²) in [5, 5.41) is 0. The van der Waals surface area contributed by atoms with E-state index in [1.165, 1.54) is 20.3 Å². The molecule has 0 atom stereocenters. The fourth-order valence-corrected chi connectivity index (χ4v) is 2.05. The van der Waals surface area contributed by atoms with E-state index in [1.54, 1.807) is 30.3 Å². The summed E-state index contributed by atoms with van der Waals surface area (Å²) < 4.78 is 23.7. The molecule has 4 heteroatoms. The molecule has 3 nitrogen and oxygen atoms in total. The van der Waals surface area contributed by atoms with Crippen molar-refractivity contribution in [3.63, 3.8) is 0 Å². The van der Waals surface area contributed by atoms with Crippen LogP contribution in [-0.4, -0.2) is 20.2 Å². The SMILES string of the molecule is COC(=O)c1ccc(-c2ccc(OC)cc2F)c(C)c1. The van der Waals surface area contributed by atoms with Gasteiger partial charge in [0.05, 0.1) is 19.8 Å². The topological polar surface area (TPSA) is 35.5 Å². The molecule has 0 heterocycles. The van der Waals surface area contributed by atoms with E-state index in [1.807, 2.05) is 6.92 Å². The lowest BCUT2D eigenvalue weighted by Gasteiger charge is -2.10. The van der Waals surface area contributed by atoms with E-state index in [9.17, 15) is 9.18 Å². The van der Waals surface area contributed by atoms with Crippen molar-refractivity contribution in [2.75, 3.05) is 14.2 Å². The highest BCUT2D eigenvalue weighted by molar-refractivity contribution is 5.90. The van der Waals surface area contributed by atoms with Crippen LogP contribution in [0.1, 0.15) is 15.9 Å². The molecule has 0 fully saturated rings. The Bertz CT molecular complexity index is 650. The quantitative estimate of drug-likeness (QED) is 0.802. The molecule has 0 aliphatic heterocycles. The second kappa shape index (κ2) is 5.74. The second-order valence-electron chi connectivity index (χ2n) is 4.37. The molecule has 2 aromatic rings. The summed E-state index contributed by atoms with van der Waals surface area (Å²) in [4.78, 5) is 11.5. The average molecular weight is 274 g/mol. The second-order valence-corrected chi connectivity index (χ2v) is 4.37. The van der Waals surface area contributed by atoms with Gasteiger partial charge in [-0.15, -0.1) is 0 Å². The van der Waals surface area contributed by atoms with Crippen LogP contribution in [0.4, 0.5) is 4.39 Å². The highest BCUT2D eigenvalue weighted by atomic mass is 19.1. The van der Waals surface area contributed by atoms with E-state index >= 15 is 0 Å². The van der Waals surface area contributed by atoms with Gasteiger partial charge in [0.1, 0.15) is 11.6 Å². The molecule has 0 saturated carbocycles. The number of carbonyl (C=O) groups is 1. The molecular weight excluding hydrogens is 259 g/mol. The highest BCUT2D eigenvalue weighted by Crippen LogP contribution is 2.29. The lowest BCUT2D eigenvalue weighted by Crippen LogP contribution is -2.02. The lowest BCUT2D eigenvalue weighted by atomic mass is 9.98. The van der Waals surface area contributed by atoms with E-state index in [0.29, 0.717) is 16.9 Å². The first kappa shape index (κ1) is 14.1. The third-order valence-electron chi connectivity index (χ3n) is 3.11. The third-order valence-corrected chi connectivity index (χ3v) is 3.11. The lowest BCUT2D eigenvalue weighted by molar-refractivity contribution is 0.0600. The zero-order chi connectivity index (χ0) is 14.7. The van der Waals surface area contributed by atoms with Crippen molar-refractivity contribution < 1.29 is 18.7 Å². The molecule has 104 valence electrons. The van der Waals surface area contributed by atoms with Crippen LogP contribution in [-0.2, 0) is 4.74 Å². The molecule has 0 spiro atoms. The van der Waals surface area contributed by atoms with Crippen LogP contribution in [0.15, 0.2) is 36.4 Å². The number of methoxy groups -OCH3 is 2. The number of rotatable bonds is 3. The van der Waals surface area contributed by atoms with Crippen molar-refractivity contribution in [2.24, 2.45) is 0 Å². The predicted octanol–water partition coefficient (Wildman–Crippen LogP) is 3.60. The Labute approximate surface area is 117 Å². The molecule has 0 aliphatic rings. The van der Waals surface area contributed by atoms with Crippen molar-refractivity contribution in [1.82, 2.24) is 0 Å². The molecule has 2 rings (SSSR count). The van der Waals surface area contributed by atoms with Crippen LogP contribution >= 0.6 is 0 Å². The highest BCUT2D eigenvalue weighted by Gasteiger charge is 2.12. The Morgan fingerprint density at radius 3 is 2.30 bits per heavy atom. The van der Waals surface area contributed by atoms with Crippen molar-refractivity contribution >= 4 is 5.97 Å². The van der Waals surface area contributed by atoms with Crippen LogP contribution < -0.4 is 4.74 Å². The first-order valence-corrected chi connectivity index (χ1v) is 6.09. The molecule has 0 amide bonds. The maximum Gasteiger partial charge on any atom is 0.337 e. The van der Waals surface area contributed by atoms with Gasteiger partial charge in [-0.2, -0.15) is 0 Å². The number of halogens is 1. The van der Waals surface area contributed by atoms with Crippen LogP contribution in [0.2, 0.25) is 0 Å². The van der Waals surface area contributed by atoms with Crippen LogP contribution in [0.3, 0.4) is 0 Å². The Kier molecular flexibility index (Phi) is 4.03. The van der Waals surface area contributed by atoms with Gasteiger partial charge in [-0.05, 0) is 42.3 Å². The molecule has 0 radical (unpaired) electrons. The van der Waals surface area contributed by atoms with Gasteiger partial charge < -0.3 is 9.47 Å². The molecule has 0 bridgehead atoms. The number of carbonyl (C=O) groups excluding carboxylic acids is 1. The summed E-state index contributed by atoms with van der Waals surface area (Å²) in [6.07, 6.45) is 0. The summed E-state index contributed by atoms with van der Waals surface area (Å²) in [6.45, 7) is 1.82. The largest absolute Gasteiger partial charge is 0.497 e. The van der Waals surface area contributed by atoms with Gasteiger partial charge in [-0.25, -0.2) is 9.18 Å². The van der Waals surface area contributed by atoms with Crippen molar-refractivity contribution in [3.8, 4) is 16.9 Å². The van der Waals surface area contributed by atoms with Crippen molar-refractivity contribution in [1.29, 1.82) is 0 Å². The Morgan fingerprint density at radius 1 is 1.05 bits per heavy atom. The van der Waals surface area contributed by atoms with Gasteiger partial charge >= 0.3 is 5.97 Å². The fraction of sp³-hybridized carbons (Fsp3) is 0.188. The van der Waals surface area contributed by atoms with Gasteiger partial charge in [0.25, 0.3) is 0 Å². The number of esters is 1. The molecule has 0 aromatic heterocycles. The van der Waals surface area contributed by atoms with Crippen LogP contribution in [0, 0.1) is 12.7 Å². The van der Waals surface area contributed by atoms with E-state index in [4.69, 9.17) is 4.74 Å². The molecule has 0 saturated heterocycles. The van der Waals surface area contributed by atoms with Gasteiger partial charge in [-0.3, -0.25) is 0 Å². The Hall–Kier alpha value is -2.36. The molecule has 0 aliphatic carbocycles. The zero-order valence-electron chi connectivity index (χ0n) is 11.6. The molecular formula is C16H15FO3. The van der Waals surface area contributed by atoms with E-state index in [2.05, 4.69) is 4.74 Å². The maximum atomic E-state index is 14.1. The summed E-state index contributed by atoms with van der Waals surface area (Å²) in [6, 6.07) is 9.72. The van der Waals surface area contributed by atoms with Gasteiger partial charge in [0.15, 0.2) is 0 Å². The normalized spacial score (nSPS) is 10.2. The smallest absolute Gasteiger partial charge is 0.337 e. The monoisotopic (exact) mass is 274 g/mol. The summed E-state index contributed by atoms with van der Waals surface area (Å²) in [5.41, 5.74) is 2.46. The average Bonchev–Trinajstić information content (AvgIpc) is 2.46. The summed E-state index contributed by atoms with van der Waals surface area (Å²) in [5.74, 6) is -0.303. The zero-order valence-corrected chi connectivity index (χ0v) is 11.6. The van der Waals surface area contributed by atoms with Crippen LogP contribution in [0.25, 0.3) is 11.1 Å². The number of hydrogen-bond acceptors (Lipinski definition) is 3. The molecule has 0 unspecified atom stereocenters. The maximum absolute atomic E-state index is 14.1. The molecule has 2 aromatic carbocycles. The first-order valence-electron chi connectivity index (χ1n) is 6.09. The number of ether oxygens (including phenoxy) is 2. The third kappa shape index (κ3) is 2.64. The van der Waals surface area contributed by atoms with Crippen LogP contribution in [0.5, 0.6) is 5.75 Å². The summed E-state index contributed by atoms with van der Waals surface area (Å²) >= 11 is 0. The van der Waals surface area contributed by atoms with E-state index in [-0.39, 0.29) is 5.82 Å². The first-order chi connectivity index (χ1) is 9.56. The van der Waals surface area contributed by atoms with Crippen molar-refractivity contribution in [2.45, 2.75) is 6.92 Å². The summed E-state index contributed by atoms with van der Waals surface area (Å²) in [7, 11) is 2.82. The van der Waals surface area contributed by atoms with E-state index in [0.717, 1.165) is 11.1 Å². The van der Waals surface area contributed by atoms with Gasteiger partial charge in [-0.1, -0.05) is 6.07 Å². The standard InChI is InChI=1S/C16H15FO3/c1-10-8-11(16(18)20-3)4-6-13(10)14-7-5-12(19-2)9-15(14)17/h4-9H,1-3H3. The van der Waals surface area contributed by atoms with Gasteiger partial charge in [0.2, 0.25) is 0 Å². The molecule has 0 N–H and O–H groups in total. The predicted molar refractivity (Wildman–Crippen MR) is 74.5 cm³/mol. The minimum Gasteiger partial charge on any atom is -0.497 e. The minimum atomic E-state index is -0.408. The fourth-order valence-electron chi connectivity index (χ4n) is 2.05. The Balaban J connectivity index is 2.46. The Morgan fingerprint density at radius 2 is 1.75 bits per heavy atom. The number of aryl methyl sites for hydroxylation is 1. The molecule has 20 heavy (non-hydrogen) atoms. The van der Waals surface area contributed by atoms with Gasteiger partial charge in [0, 0.05) is 11.6 Å². The van der Waals surface area contributed by atoms with E-state index < -0.39 is 5.97 Å². The minimum absolute atomic E-state index is 0.363. The van der Waals surface area contributed by atoms with Crippen molar-refractivity contribution in [3.05, 3.63) is 53.3 Å². The number of hydrogen-bond donors (Lipinski definition) is 0. The number of benzene rings is 2.